The first-order chi connectivity index (χ1) is 6.22. The van der Waals surface area contributed by atoms with Gasteiger partial charge in [0.25, 0.3) is 0 Å². The zero-order valence-corrected chi connectivity index (χ0v) is 8.16. The minimum atomic E-state index is -0.201. The first-order valence-electron chi connectivity index (χ1n) is 5.06. The maximum Gasteiger partial charge on any atom is 0.306 e. The molecule has 1 rings (SSSR count). The number of hydrogen-bond acceptors (Lipinski definition) is 3. The summed E-state index contributed by atoms with van der Waals surface area (Å²) in [5.74, 6) is 0.212. The second-order valence-corrected chi connectivity index (χ2v) is 3.70. The molecule has 0 saturated heterocycles. The van der Waals surface area contributed by atoms with Gasteiger partial charge in [-0.1, -0.05) is 6.42 Å². The molecular weight excluding hydrogens is 168 g/mol. The zero-order valence-electron chi connectivity index (χ0n) is 8.16. The molecule has 0 aromatic carbocycles. The van der Waals surface area contributed by atoms with Gasteiger partial charge in [-0.2, -0.15) is 0 Å². The third-order valence-corrected chi connectivity index (χ3v) is 2.52. The van der Waals surface area contributed by atoms with Gasteiger partial charge in [-0.25, -0.2) is 0 Å². The van der Waals surface area contributed by atoms with E-state index in [1.807, 2.05) is 6.92 Å². The number of carbonyl (C=O) groups excluding carboxylic acids is 1. The van der Waals surface area contributed by atoms with E-state index in [2.05, 4.69) is 0 Å². The van der Waals surface area contributed by atoms with Crippen molar-refractivity contribution < 1.29 is 14.6 Å². The van der Waals surface area contributed by atoms with E-state index in [4.69, 9.17) is 4.74 Å². The summed E-state index contributed by atoms with van der Waals surface area (Å²) in [6.45, 7) is 2.27. The average Bonchev–Trinajstić information content (AvgIpc) is 2.04. The van der Waals surface area contributed by atoms with Crippen molar-refractivity contribution in [1.82, 2.24) is 0 Å². The van der Waals surface area contributed by atoms with Crippen LogP contribution in [0.5, 0.6) is 0 Å². The fraction of sp³-hybridized carbons (Fsp3) is 0.900. The molecule has 0 unspecified atom stereocenters. The second kappa shape index (κ2) is 5.22. The van der Waals surface area contributed by atoms with Gasteiger partial charge in [0.15, 0.2) is 0 Å². The Morgan fingerprint density at radius 3 is 2.92 bits per heavy atom. The summed E-state index contributed by atoms with van der Waals surface area (Å²) in [5, 5.41) is 9.37. The largest absolute Gasteiger partial charge is 0.466 e. The number of rotatable bonds is 3. The third-order valence-electron chi connectivity index (χ3n) is 2.52. The van der Waals surface area contributed by atoms with Gasteiger partial charge < -0.3 is 9.84 Å². The molecule has 0 heterocycles. The number of esters is 1. The van der Waals surface area contributed by atoms with E-state index < -0.39 is 0 Å². The molecule has 0 aromatic heterocycles. The number of carbonyl (C=O) groups is 1. The number of aliphatic hydroxyl groups excluding tert-OH is 1. The summed E-state index contributed by atoms with van der Waals surface area (Å²) >= 11 is 0. The predicted octanol–water partition coefficient (Wildman–Crippen LogP) is 1.49. The van der Waals surface area contributed by atoms with E-state index in [1.54, 1.807) is 0 Å². The highest BCUT2D eigenvalue weighted by molar-refractivity contribution is 5.69. The highest BCUT2D eigenvalue weighted by atomic mass is 16.5. The van der Waals surface area contributed by atoms with Crippen molar-refractivity contribution in [2.75, 3.05) is 6.61 Å². The van der Waals surface area contributed by atoms with Crippen molar-refractivity contribution in [2.24, 2.45) is 5.92 Å². The lowest BCUT2D eigenvalue weighted by Crippen LogP contribution is -2.22. The predicted molar refractivity (Wildman–Crippen MR) is 49.2 cm³/mol. The van der Waals surface area contributed by atoms with E-state index in [0.29, 0.717) is 18.9 Å². The van der Waals surface area contributed by atoms with Gasteiger partial charge in [0.2, 0.25) is 0 Å². The summed E-state index contributed by atoms with van der Waals surface area (Å²) in [7, 11) is 0. The molecule has 0 radical (unpaired) electrons. The summed E-state index contributed by atoms with van der Waals surface area (Å²) in [5.41, 5.74) is 0. The lowest BCUT2D eigenvalue weighted by molar-refractivity contribution is -0.144. The van der Waals surface area contributed by atoms with E-state index in [0.717, 1.165) is 25.7 Å². The van der Waals surface area contributed by atoms with Crippen LogP contribution in [0.2, 0.25) is 0 Å². The highest BCUT2D eigenvalue weighted by Crippen LogP contribution is 2.26. The molecule has 76 valence electrons. The molecule has 1 fully saturated rings. The topological polar surface area (TPSA) is 46.5 Å². The van der Waals surface area contributed by atoms with Gasteiger partial charge in [0.05, 0.1) is 12.7 Å². The van der Waals surface area contributed by atoms with Crippen molar-refractivity contribution in [3.05, 3.63) is 0 Å². The SMILES string of the molecule is CCOC(=O)C[C@H]1CCC[C@@H](O)C1. The number of ether oxygens (including phenoxy) is 1. The quantitative estimate of drug-likeness (QED) is 0.679. The molecule has 13 heavy (non-hydrogen) atoms. The van der Waals surface area contributed by atoms with Crippen LogP contribution in [0.1, 0.15) is 39.0 Å². The summed E-state index contributed by atoms with van der Waals surface area (Å²) < 4.78 is 4.86. The van der Waals surface area contributed by atoms with E-state index in [-0.39, 0.29) is 12.1 Å². The molecule has 1 N–H and O–H groups in total. The molecular formula is C10H18O3. The average molecular weight is 186 g/mol. The Bertz CT molecular complexity index is 168. The Hall–Kier alpha value is -0.570. The Kier molecular flexibility index (Phi) is 4.22. The molecule has 0 amide bonds. The van der Waals surface area contributed by atoms with Crippen LogP contribution >= 0.6 is 0 Å². The first-order valence-corrected chi connectivity index (χ1v) is 5.06. The second-order valence-electron chi connectivity index (χ2n) is 3.70. The van der Waals surface area contributed by atoms with Crippen LogP contribution in [0.4, 0.5) is 0 Å². The Labute approximate surface area is 79.1 Å². The van der Waals surface area contributed by atoms with Gasteiger partial charge in [0, 0.05) is 6.42 Å². The fourth-order valence-electron chi connectivity index (χ4n) is 1.90. The third kappa shape index (κ3) is 3.77. The summed E-state index contributed by atoms with van der Waals surface area (Å²) in [6.07, 6.45) is 4.01. The van der Waals surface area contributed by atoms with Gasteiger partial charge in [-0.3, -0.25) is 4.79 Å². The highest BCUT2D eigenvalue weighted by Gasteiger charge is 2.22. The lowest BCUT2D eigenvalue weighted by Gasteiger charge is -2.24. The maximum atomic E-state index is 11.1. The normalized spacial score (nSPS) is 28.5. The van der Waals surface area contributed by atoms with Crippen molar-refractivity contribution in [3.63, 3.8) is 0 Å². The summed E-state index contributed by atoms with van der Waals surface area (Å²) in [6, 6.07) is 0. The van der Waals surface area contributed by atoms with Crippen molar-refractivity contribution in [2.45, 2.75) is 45.1 Å². The standard InChI is InChI=1S/C10H18O3/c1-2-13-10(12)7-8-4-3-5-9(11)6-8/h8-9,11H,2-7H2,1H3/t8-,9+/m0/s1. The zero-order chi connectivity index (χ0) is 9.68. The molecule has 1 aliphatic rings. The smallest absolute Gasteiger partial charge is 0.306 e. The minimum absolute atomic E-state index is 0.124. The fourth-order valence-corrected chi connectivity index (χ4v) is 1.90. The molecule has 3 heteroatoms. The first kappa shape index (κ1) is 10.5. The van der Waals surface area contributed by atoms with Crippen LogP contribution in [0, 0.1) is 5.92 Å². The molecule has 1 aliphatic carbocycles. The Morgan fingerprint density at radius 2 is 2.31 bits per heavy atom. The monoisotopic (exact) mass is 186 g/mol. The van der Waals surface area contributed by atoms with Crippen LogP contribution in [-0.4, -0.2) is 23.8 Å². The van der Waals surface area contributed by atoms with Crippen LogP contribution in [0.25, 0.3) is 0 Å². The van der Waals surface area contributed by atoms with E-state index >= 15 is 0 Å². The number of aliphatic hydroxyl groups is 1. The van der Waals surface area contributed by atoms with Crippen LogP contribution in [0.15, 0.2) is 0 Å². The molecule has 0 aliphatic heterocycles. The molecule has 0 bridgehead atoms. The lowest BCUT2D eigenvalue weighted by atomic mass is 9.85. The van der Waals surface area contributed by atoms with Crippen molar-refractivity contribution >= 4 is 5.97 Å². The molecule has 1 saturated carbocycles. The van der Waals surface area contributed by atoms with Crippen molar-refractivity contribution in [1.29, 1.82) is 0 Å². The maximum absolute atomic E-state index is 11.1. The number of hydrogen-bond donors (Lipinski definition) is 1. The van der Waals surface area contributed by atoms with Crippen LogP contribution < -0.4 is 0 Å². The van der Waals surface area contributed by atoms with E-state index in [9.17, 15) is 9.90 Å². The van der Waals surface area contributed by atoms with Crippen molar-refractivity contribution in [3.8, 4) is 0 Å². The Morgan fingerprint density at radius 1 is 1.54 bits per heavy atom. The minimum Gasteiger partial charge on any atom is -0.466 e. The molecule has 0 aromatic rings. The van der Waals surface area contributed by atoms with E-state index in [1.165, 1.54) is 0 Å². The molecule has 2 atom stereocenters. The van der Waals surface area contributed by atoms with Crippen LogP contribution in [0.3, 0.4) is 0 Å². The van der Waals surface area contributed by atoms with Gasteiger partial charge in [-0.15, -0.1) is 0 Å². The summed E-state index contributed by atoms with van der Waals surface area (Å²) in [4.78, 5) is 11.1. The van der Waals surface area contributed by atoms with Gasteiger partial charge in [0.1, 0.15) is 0 Å². The van der Waals surface area contributed by atoms with Gasteiger partial charge in [-0.05, 0) is 32.1 Å². The Balaban J connectivity index is 2.23. The van der Waals surface area contributed by atoms with Gasteiger partial charge >= 0.3 is 5.97 Å². The van der Waals surface area contributed by atoms with Crippen LogP contribution in [-0.2, 0) is 9.53 Å². The molecule has 0 spiro atoms. The molecule has 3 nitrogen and oxygen atoms in total.